The SMILES string of the molecule is Cc1ccn2c(C(F)(F)F)c(N3C(=O)Cc4cccc(C)c43)nc2c1. The molecular weight excluding hydrogens is 331 g/mol. The number of carbonyl (C=O) groups is 1. The Kier molecular flexibility index (Phi) is 3.19. The van der Waals surface area contributed by atoms with Crippen molar-refractivity contribution in [1.82, 2.24) is 9.38 Å². The van der Waals surface area contributed by atoms with E-state index >= 15 is 0 Å². The van der Waals surface area contributed by atoms with E-state index in [-0.39, 0.29) is 17.9 Å². The smallest absolute Gasteiger partial charge is 0.294 e. The molecule has 2 aromatic heterocycles. The van der Waals surface area contributed by atoms with Crippen LogP contribution in [0, 0.1) is 13.8 Å². The molecule has 7 heteroatoms. The second-order valence-corrected chi connectivity index (χ2v) is 6.20. The highest BCUT2D eigenvalue weighted by Gasteiger charge is 2.43. The first-order chi connectivity index (χ1) is 11.8. The van der Waals surface area contributed by atoms with E-state index in [4.69, 9.17) is 0 Å². The number of hydrogen-bond donors (Lipinski definition) is 0. The van der Waals surface area contributed by atoms with Crippen molar-refractivity contribution >= 4 is 23.1 Å². The molecule has 25 heavy (non-hydrogen) atoms. The first-order valence-electron chi connectivity index (χ1n) is 7.74. The maximum absolute atomic E-state index is 13.8. The molecule has 0 N–H and O–H groups in total. The second-order valence-electron chi connectivity index (χ2n) is 6.20. The van der Waals surface area contributed by atoms with Gasteiger partial charge >= 0.3 is 6.18 Å². The lowest BCUT2D eigenvalue weighted by molar-refractivity contribution is -0.141. The van der Waals surface area contributed by atoms with E-state index in [9.17, 15) is 18.0 Å². The molecule has 3 heterocycles. The molecule has 1 aromatic carbocycles. The number of alkyl halides is 3. The van der Waals surface area contributed by atoms with E-state index < -0.39 is 17.8 Å². The molecule has 0 saturated carbocycles. The Bertz CT molecular complexity index is 1020. The van der Waals surface area contributed by atoms with Crippen LogP contribution in [0.5, 0.6) is 0 Å². The van der Waals surface area contributed by atoms with Gasteiger partial charge in [-0.15, -0.1) is 0 Å². The standard InChI is InChI=1S/C18H14F3N3O/c1-10-6-7-23-13(8-10)22-17(16(23)18(19,20)21)24-14(25)9-12-5-3-4-11(2)15(12)24/h3-8H,9H2,1-2H3. The lowest BCUT2D eigenvalue weighted by Gasteiger charge is -2.19. The number of hydrogen-bond acceptors (Lipinski definition) is 2. The minimum atomic E-state index is -4.64. The fourth-order valence-corrected chi connectivity index (χ4v) is 3.33. The Hall–Kier alpha value is -2.83. The summed E-state index contributed by atoms with van der Waals surface area (Å²) in [6.45, 7) is 3.56. The predicted molar refractivity (Wildman–Crippen MR) is 87.0 cm³/mol. The van der Waals surface area contributed by atoms with Crippen LogP contribution < -0.4 is 4.90 Å². The molecule has 1 amide bonds. The minimum absolute atomic E-state index is 0.0706. The van der Waals surface area contributed by atoms with Crippen LogP contribution in [0.15, 0.2) is 36.5 Å². The van der Waals surface area contributed by atoms with Crippen molar-refractivity contribution in [3.05, 3.63) is 58.9 Å². The molecule has 3 aromatic rings. The summed E-state index contributed by atoms with van der Waals surface area (Å²) in [6, 6.07) is 8.48. The van der Waals surface area contributed by atoms with Crippen molar-refractivity contribution in [2.24, 2.45) is 0 Å². The highest BCUT2D eigenvalue weighted by Crippen LogP contribution is 2.43. The highest BCUT2D eigenvalue weighted by atomic mass is 19.4. The zero-order valence-corrected chi connectivity index (χ0v) is 13.6. The summed E-state index contributed by atoms with van der Waals surface area (Å²) in [4.78, 5) is 17.8. The van der Waals surface area contributed by atoms with Gasteiger partial charge in [0, 0.05) is 6.20 Å². The zero-order chi connectivity index (χ0) is 17.9. The molecule has 0 unspecified atom stereocenters. The van der Waals surface area contributed by atoms with Crippen LogP contribution in [-0.4, -0.2) is 15.3 Å². The quantitative estimate of drug-likeness (QED) is 0.663. The van der Waals surface area contributed by atoms with Crippen LogP contribution in [0.25, 0.3) is 5.65 Å². The van der Waals surface area contributed by atoms with Crippen LogP contribution in [0.4, 0.5) is 24.7 Å². The number of nitrogens with zero attached hydrogens (tertiary/aromatic N) is 3. The van der Waals surface area contributed by atoms with E-state index in [0.717, 1.165) is 20.4 Å². The summed E-state index contributed by atoms with van der Waals surface area (Å²) in [5, 5.41) is 0. The van der Waals surface area contributed by atoms with E-state index in [1.807, 2.05) is 0 Å². The first kappa shape index (κ1) is 15.7. The van der Waals surface area contributed by atoms with Gasteiger partial charge in [0.25, 0.3) is 0 Å². The van der Waals surface area contributed by atoms with E-state index in [2.05, 4.69) is 4.98 Å². The maximum atomic E-state index is 13.8. The third kappa shape index (κ3) is 2.30. The number of aromatic nitrogens is 2. The van der Waals surface area contributed by atoms with Gasteiger partial charge in [-0.2, -0.15) is 13.2 Å². The number of anilines is 2. The Labute approximate surface area is 141 Å². The van der Waals surface area contributed by atoms with Crippen LogP contribution in [-0.2, 0) is 17.4 Å². The predicted octanol–water partition coefficient (Wildman–Crippen LogP) is 4.19. The van der Waals surface area contributed by atoms with Crippen LogP contribution in [0.1, 0.15) is 22.4 Å². The van der Waals surface area contributed by atoms with Gasteiger partial charge in [0.1, 0.15) is 5.65 Å². The third-order valence-electron chi connectivity index (χ3n) is 4.38. The molecule has 4 nitrogen and oxygen atoms in total. The number of imidazole rings is 1. The van der Waals surface area contributed by atoms with E-state index in [1.165, 1.54) is 6.20 Å². The lowest BCUT2D eigenvalue weighted by Crippen LogP contribution is -2.25. The molecule has 1 aliphatic rings. The number of pyridine rings is 1. The molecular formula is C18H14F3N3O. The van der Waals surface area contributed by atoms with Crippen molar-refractivity contribution in [2.75, 3.05) is 4.90 Å². The summed E-state index contributed by atoms with van der Waals surface area (Å²) in [5.74, 6) is -0.772. The van der Waals surface area contributed by atoms with Crippen LogP contribution in [0.3, 0.4) is 0 Å². The Morgan fingerprint density at radius 3 is 2.64 bits per heavy atom. The average molecular weight is 345 g/mol. The van der Waals surface area contributed by atoms with Crippen molar-refractivity contribution < 1.29 is 18.0 Å². The van der Waals surface area contributed by atoms with Crippen LogP contribution >= 0.6 is 0 Å². The maximum Gasteiger partial charge on any atom is 0.435 e. The van der Waals surface area contributed by atoms with Crippen LogP contribution in [0.2, 0.25) is 0 Å². The van der Waals surface area contributed by atoms with Gasteiger partial charge in [-0.1, -0.05) is 18.2 Å². The van der Waals surface area contributed by atoms with Gasteiger partial charge in [-0.05, 0) is 42.7 Å². The average Bonchev–Trinajstić information content (AvgIpc) is 3.03. The van der Waals surface area contributed by atoms with Gasteiger partial charge in [0.2, 0.25) is 5.91 Å². The largest absolute Gasteiger partial charge is 0.435 e. The lowest BCUT2D eigenvalue weighted by atomic mass is 10.1. The third-order valence-corrected chi connectivity index (χ3v) is 4.38. The fourth-order valence-electron chi connectivity index (χ4n) is 3.33. The Morgan fingerprint density at radius 2 is 1.92 bits per heavy atom. The number of halogens is 3. The zero-order valence-electron chi connectivity index (χ0n) is 13.6. The molecule has 0 aliphatic carbocycles. The summed E-state index contributed by atoms with van der Waals surface area (Å²) in [5.41, 5.74) is 1.97. The molecule has 0 fully saturated rings. The molecule has 0 saturated heterocycles. The fraction of sp³-hybridized carbons (Fsp3) is 0.222. The van der Waals surface area contributed by atoms with Crippen molar-refractivity contribution in [3.8, 4) is 0 Å². The van der Waals surface area contributed by atoms with Gasteiger partial charge in [0.05, 0.1) is 12.1 Å². The molecule has 0 spiro atoms. The Morgan fingerprint density at radius 1 is 1.16 bits per heavy atom. The molecule has 1 aliphatic heterocycles. The van der Waals surface area contributed by atoms with Crippen molar-refractivity contribution in [2.45, 2.75) is 26.4 Å². The molecule has 0 radical (unpaired) electrons. The van der Waals surface area contributed by atoms with Gasteiger partial charge in [-0.3, -0.25) is 14.1 Å². The van der Waals surface area contributed by atoms with E-state index in [0.29, 0.717) is 11.3 Å². The van der Waals surface area contributed by atoms with Gasteiger partial charge < -0.3 is 0 Å². The number of aryl methyl sites for hydroxylation is 2. The Balaban J connectivity index is 2.04. The number of carbonyl (C=O) groups excluding carboxylic acids is 1. The highest BCUT2D eigenvalue weighted by molar-refractivity contribution is 6.08. The van der Waals surface area contributed by atoms with Gasteiger partial charge in [0.15, 0.2) is 11.5 Å². The number of para-hydroxylation sites is 1. The number of fused-ring (bicyclic) bond motifs is 2. The first-order valence-corrected chi connectivity index (χ1v) is 7.74. The van der Waals surface area contributed by atoms with E-state index in [1.54, 1.807) is 44.2 Å². The van der Waals surface area contributed by atoms with Gasteiger partial charge in [-0.25, -0.2) is 4.98 Å². The molecule has 4 rings (SSSR count). The number of amides is 1. The summed E-state index contributed by atoms with van der Waals surface area (Å²) in [7, 11) is 0. The number of benzene rings is 1. The molecule has 0 bridgehead atoms. The summed E-state index contributed by atoms with van der Waals surface area (Å²) in [6.07, 6.45) is -3.24. The van der Waals surface area contributed by atoms with Crippen molar-refractivity contribution in [3.63, 3.8) is 0 Å². The van der Waals surface area contributed by atoms with Crippen molar-refractivity contribution in [1.29, 1.82) is 0 Å². The monoisotopic (exact) mass is 345 g/mol. The molecule has 128 valence electrons. The topological polar surface area (TPSA) is 37.6 Å². The second kappa shape index (κ2) is 5.08. The number of rotatable bonds is 1. The summed E-state index contributed by atoms with van der Waals surface area (Å²) < 4.78 is 42.3. The minimum Gasteiger partial charge on any atom is -0.294 e. The summed E-state index contributed by atoms with van der Waals surface area (Å²) >= 11 is 0. The molecule has 0 atom stereocenters. The normalized spacial score (nSPS) is 14.4.